The van der Waals surface area contributed by atoms with Gasteiger partial charge in [-0.2, -0.15) is 0 Å². The van der Waals surface area contributed by atoms with Crippen molar-refractivity contribution in [2.45, 2.75) is 32.2 Å². The Morgan fingerprint density at radius 1 is 0.971 bits per heavy atom. The summed E-state index contributed by atoms with van der Waals surface area (Å²) < 4.78 is 17.5. The molecule has 1 atom stereocenters. The zero-order valence-corrected chi connectivity index (χ0v) is 21.6. The minimum Gasteiger partial charge on any atom is -0.493 e. The van der Waals surface area contributed by atoms with Crippen molar-refractivity contribution >= 4 is 17.3 Å². The third-order valence-electron chi connectivity index (χ3n) is 6.54. The second kappa shape index (κ2) is 11.9. The normalized spacial score (nSPS) is 14.7. The van der Waals surface area contributed by atoms with Crippen LogP contribution < -0.4 is 19.5 Å². The van der Waals surface area contributed by atoms with Crippen LogP contribution in [0.4, 0.5) is 0 Å². The van der Waals surface area contributed by atoms with Crippen LogP contribution in [-0.2, 0) is 19.3 Å². The van der Waals surface area contributed by atoms with E-state index < -0.39 is 0 Å². The third-order valence-corrected chi connectivity index (χ3v) is 6.91. The number of ether oxygens (including phenoxy) is 3. The minimum atomic E-state index is -0.0406. The van der Waals surface area contributed by atoms with Gasteiger partial charge < -0.3 is 24.4 Å². The standard InChI is InChI=1S/C29H34N2O3S/c1-4-21-10-12-24(13-11-21)34-20-26-25-19-28(33-3)27(32-2)18-23(25)15-17-31(26)29(35)30-16-14-22-8-6-5-7-9-22/h5-13,18-19,26H,4,14-17,20H2,1-3H3,(H,30,35)/t26-/m0/s1. The molecule has 4 rings (SSSR count). The second-order valence-electron chi connectivity index (χ2n) is 8.64. The molecular formula is C29H34N2O3S. The molecule has 1 aliphatic heterocycles. The summed E-state index contributed by atoms with van der Waals surface area (Å²) in [5, 5.41) is 4.22. The molecule has 6 heteroatoms. The van der Waals surface area contributed by atoms with E-state index in [2.05, 4.69) is 65.7 Å². The van der Waals surface area contributed by atoms with Gasteiger partial charge in [-0.15, -0.1) is 0 Å². The van der Waals surface area contributed by atoms with Crippen molar-refractivity contribution in [3.8, 4) is 17.2 Å². The molecule has 1 N–H and O–H groups in total. The van der Waals surface area contributed by atoms with Gasteiger partial charge in [0.2, 0.25) is 0 Å². The van der Waals surface area contributed by atoms with E-state index in [0.717, 1.165) is 54.5 Å². The van der Waals surface area contributed by atoms with Gasteiger partial charge in [-0.05, 0) is 78.0 Å². The Balaban J connectivity index is 1.53. The van der Waals surface area contributed by atoms with Gasteiger partial charge in [-0.3, -0.25) is 0 Å². The first-order valence-electron chi connectivity index (χ1n) is 12.2. The van der Waals surface area contributed by atoms with Crippen LogP contribution in [-0.4, -0.2) is 43.9 Å². The Morgan fingerprint density at radius 3 is 2.37 bits per heavy atom. The van der Waals surface area contributed by atoms with Gasteiger partial charge in [0, 0.05) is 13.1 Å². The molecule has 0 fully saturated rings. The first-order chi connectivity index (χ1) is 17.1. The molecule has 0 radical (unpaired) electrons. The van der Waals surface area contributed by atoms with Gasteiger partial charge in [-0.25, -0.2) is 0 Å². The summed E-state index contributed by atoms with van der Waals surface area (Å²) in [4.78, 5) is 2.25. The first kappa shape index (κ1) is 24.9. The van der Waals surface area contributed by atoms with Crippen molar-refractivity contribution in [1.29, 1.82) is 0 Å². The molecule has 0 aliphatic carbocycles. The van der Waals surface area contributed by atoms with Crippen molar-refractivity contribution in [2.75, 3.05) is 33.9 Å². The Bertz CT molecular complexity index is 1120. The van der Waals surface area contributed by atoms with Crippen molar-refractivity contribution in [2.24, 2.45) is 0 Å². The zero-order chi connectivity index (χ0) is 24.6. The SMILES string of the molecule is CCc1ccc(OC[C@H]2c3cc(OC)c(OC)cc3CCN2C(=S)NCCc2ccccc2)cc1. The van der Waals surface area contributed by atoms with E-state index in [0.29, 0.717) is 12.4 Å². The van der Waals surface area contributed by atoms with Gasteiger partial charge in [-0.1, -0.05) is 49.4 Å². The maximum absolute atomic E-state index is 6.28. The summed E-state index contributed by atoms with van der Waals surface area (Å²) >= 11 is 5.87. The van der Waals surface area contributed by atoms with Crippen LogP contribution in [0.2, 0.25) is 0 Å². The first-order valence-corrected chi connectivity index (χ1v) is 12.6. The topological polar surface area (TPSA) is 43.0 Å². The lowest BCUT2D eigenvalue weighted by molar-refractivity contribution is 0.187. The lowest BCUT2D eigenvalue weighted by atomic mass is 9.92. The summed E-state index contributed by atoms with van der Waals surface area (Å²) in [6.07, 6.45) is 2.80. The fourth-order valence-corrected chi connectivity index (χ4v) is 4.83. The minimum absolute atomic E-state index is 0.0406. The molecular weight excluding hydrogens is 456 g/mol. The fraction of sp³-hybridized carbons (Fsp3) is 0.345. The number of thiocarbonyl (C=S) groups is 1. The Labute approximate surface area is 214 Å². The predicted octanol–water partition coefficient (Wildman–Crippen LogP) is 5.36. The highest BCUT2D eigenvalue weighted by Gasteiger charge is 2.31. The van der Waals surface area contributed by atoms with Crippen LogP contribution in [0.1, 0.15) is 35.2 Å². The van der Waals surface area contributed by atoms with E-state index in [1.54, 1.807) is 14.2 Å². The zero-order valence-electron chi connectivity index (χ0n) is 20.8. The van der Waals surface area contributed by atoms with Gasteiger partial charge in [0.1, 0.15) is 12.4 Å². The quantitative estimate of drug-likeness (QED) is 0.407. The number of aryl methyl sites for hydroxylation is 1. The molecule has 0 amide bonds. The van der Waals surface area contributed by atoms with Crippen molar-refractivity contribution < 1.29 is 14.2 Å². The van der Waals surface area contributed by atoms with Crippen molar-refractivity contribution in [3.63, 3.8) is 0 Å². The molecule has 35 heavy (non-hydrogen) atoms. The number of methoxy groups -OCH3 is 2. The number of rotatable bonds is 9. The molecule has 0 unspecified atom stereocenters. The number of nitrogens with zero attached hydrogens (tertiary/aromatic N) is 1. The molecule has 3 aromatic rings. The summed E-state index contributed by atoms with van der Waals surface area (Å²) in [7, 11) is 3.34. The number of benzene rings is 3. The van der Waals surface area contributed by atoms with Crippen LogP contribution in [0.3, 0.4) is 0 Å². The second-order valence-corrected chi connectivity index (χ2v) is 9.03. The highest BCUT2D eigenvalue weighted by Crippen LogP contribution is 2.38. The van der Waals surface area contributed by atoms with Crippen molar-refractivity contribution in [1.82, 2.24) is 10.2 Å². The summed E-state index contributed by atoms with van der Waals surface area (Å²) in [5.41, 5.74) is 4.98. The van der Waals surface area contributed by atoms with Crippen LogP contribution in [0.5, 0.6) is 17.2 Å². The molecule has 0 spiro atoms. The highest BCUT2D eigenvalue weighted by atomic mass is 32.1. The summed E-state index contributed by atoms with van der Waals surface area (Å²) in [6, 6.07) is 22.9. The van der Waals surface area contributed by atoms with Gasteiger partial charge in [0.15, 0.2) is 16.6 Å². The smallest absolute Gasteiger partial charge is 0.169 e. The number of fused-ring (bicyclic) bond motifs is 1. The van der Waals surface area contributed by atoms with Crippen LogP contribution >= 0.6 is 12.2 Å². The number of nitrogens with one attached hydrogen (secondary N) is 1. The Morgan fingerprint density at radius 2 is 1.69 bits per heavy atom. The molecule has 184 valence electrons. The molecule has 0 aromatic heterocycles. The summed E-state index contributed by atoms with van der Waals surface area (Å²) in [5.74, 6) is 2.32. The molecule has 0 saturated heterocycles. The van der Waals surface area contributed by atoms with Gasteiger partial charge >= 0.3 is 0 Å². The number of hydrogen-bond donors (Lipinski definition) is 1. The maximum Gasteiger partial charge on any atom is 0.169 e. The molecule has 5 nitrogen and oxygen atoms in total. The van der Waals surface area contributed by atoms with Crippen LogP contribution in [0.25, 0.3) is 0 Å². The molecule has 0 saturated carbocycles. The lowest BCUT2D eigenvalue weighted by Crippen LogP contribution is -2.47. The predicted molar refractivity (Wildman–Crippen MR) is 145 cm³/mol. The van der Waals surface area contributed by atoms with E-state index in [4.69, 9.17) is 26.4 Å². The van der Waals surface area contributed by atoms with E-state index in [-0.39, 0.29) is 6.04 Å². The lowest BCUT2D eigenvalue weighted by Gasteiger charge is -2.39. The van der Waals surface area contributed by atoms with Crippen LogP contribution in [0.15, 0.2) is 66.7 Å². The molecule has 1 aliphatic rings. The van der Waals surface area contributed by atoms with E-state index in [9.17, 15) is 0 Å². The average molecular weight is 491 g/mol. The van der Waals surface area contributed by atoms with E-state index in [1.807, 2.05) is 18.2 Å². The molecule has 3 aromatic carbocycles. The highest BCUT2D eigenvalue weighted by molar-refractivity contribution is 7.80. The number of hydrogen-bond acceptors (Lipinski definition) is 4. The van der Waals surface area contributed by atoms with E-state index >= 15 is 0 Å². The molecule has 0 bridgehead atoms. The van der Waals surface area contributed by atoms with E-state index in [1.165, 1.54) is 16.7 Å². The van der Waals surface area contributed by atoms with Gasteiger partial charge in [0.05, 0.1) is 20.3 Å². The van der Waals surface area contributed by atoms with Gasteiger partial charge in [0.25, 0.3) is 0 Å². The third kappa shape index (κ3) is 6.06. The largest absolute Gasteiger partial charge is 0.493 e. The Kier molecular flexibility index (Phi) is 8.48. The van der Waals surface area contributed by atoms with Crippen LogP contribution in [0, 0.1) is 0 Å². The fourth-order valence-electron chi connectivity index (χ4n) is 4.51. The summed E-state index contributed by atoms with van der Waals surface area (Å²) in [6.45, 7) is 4.22. The maximum atomic E-state index is 6.28. The van der Waals surface area contributed by atoms with Crippen molar-refractivity contribution in [3.05, 3.63) is 89.0 Å². The Hall–Kier alpha value is -3.25. The monoisotopic (exact) mass is 490 g/mol. The molecule has 1 heterocycles. The average Bonchev–Trinajstić information content (AvgIpc) is 2.91.